The Labute approximate surface area is 205 Å². The first-order valence-electron chi connectivity index (χ1n) is 11.1. The Kier molecular flexibility index (Phi) is 7.49. The molecule has 34 heavy (non-hydrogen) atoms. The smallest absolute Gasteiger partial charge is 0.119 e. The second kappa shape index (κ2) is 10.9. The molecule has 3 nitrogen and oxygen atoms in total. The molecule has 3 aromatic carbocycles. The van der Waals surface area contributed by atoms with Gasteiger partial charge in [-0.3, -0.25) is 4.98 Å². The maximum absolute atomic E-state index is 9.87. The molecule has 0 spiro atoms. The molecule has 0 radical (unpaired) electrons. The lowest BCUT2D eigenvalue weighted by molar-refractivity contribution is 0.0689. The molecule has 4 aromatic rings. The van der Waals surface area contributed by atoms with Crippen LogP contribution in [-0.2, 0) is 11.3 Å². The van der Waals surface area contributed by atoms with Gasteiger partial charge in [0.25, 0.3) is 0 Å². The van der Waals surface area contributed by atoms with Crippen molar-refractivity contribution in [3.05, 3.63) is 123 Å². The van der Waals surface area contributed by atoms with Gasteiger partial charge in [0.05, 0.1) is 28.6 Å². The van der Waals surface area contributed by atoms with Gasteiger partial charge in [-0.2, -0.15) is 5.26 Å². The number of hydrogen-bond acceptors (Lipinski definition) is 4. The van der Waals surface area contributed by atoms with Crippen LogP contribution in [0.15, 0.2) is 85.0 Å². The third kappa shape index (κ3) is 5.07. The number of aromatic nitrogens is 1. The lowest BCUT2D eigenvalue weighted by Crippen LogP contribution is -2.06. The highest BCUT2D eigenvalue weighted by Crippen LogP contribution is 2.36. The maximum Gasteiger partial charge on any atom is 0.119 e. The molecule has 1 aromatic heterocycles. The number of ether oxygens (including phenoxy) is 1. The summed E-state index contributed by atoms with van der Waals surface area (Å²) in [6.07, 6.45) is 7.48. The number of rotatable bonds is 8. The first kappa shape index (κ1) is 23.4. The fourth-order valence-corrected chi connectivity index (χ4v) is 4.67. The van der Waals surface area contributed by atoms with E-state index in [1.54, 1.807) is 11.3 Å². The Morgan fingerprint density at radius 3 is 2.62 bits per heavy atom. The number of allylic oxidation sites excluding steroid dienone is 1. The minimum absolute atomic E-state index is 0.286. The van der Waals surface area contributed by atoms with Crippen LogP contribution in [0, 0.1) is 18.3 Å². The quantitative estimate of drug-likeness (QED) is 0.267. The first-order valence-corrected chi connectivity index (χ1v) is 12.0. The molecule has 168 valence electrons. The van der Waals surface area contributed by atoms with Crippen LogP contribution in [0.2, 0.25) is 0 Å². The number of benzene rings is 3. The van der Waals surface area contributed by atoms with Crippen molar-refractivity contribution in [1.29, 1.82) is 5.26 Å². The van der Waals surface area contributed by atoms with Crippen molar-refractivity contribution < 1.29 is 4.74 Å². The Morgan fingerprint density at radius 1 is 1.12 bits per heavy atom. The highest BCUT2D eigenvalue weighted by atomic mass is 32.1. The van der Waals surface area contributed by atoms with Crippen molar-refractivity contribution in [2.75, 3.05) is 0 Å². The van der Waals surface area contributed by atoms with Gasteiger partial charge in [-0.1, -0.05) is 78.9 Å². The van der Waals surface area contributed by atoms with Gasteiger partial charge in [-0.15, -0.1) is 11.3 Å². The second-order valence-electron chi connectivity index (χ2n) is 8.01. The Balaban J connectivity index is 1.78. The first-order chi connectivity index (χ1) is 16.6. The lowest BCUT2D eigenvalue weighted by Gasteiger charge is -2.19. The van der Waals surface area contributed by atoms with Gasteiger partial charge in [0.2, 0.25) is 0 Å². The number of thiazole rings is 1. The average molecular weight is 463 g/mol. The summed E-state index contributed by atoms with van der Waals surface area (Å²) < 4.78 is 6.44. The van der Waals surface area contributed by atoms with E-state index in [1.807, 2.05) is 55.0 Å². The summed E-state index contributed by atoms with van der Waals surface area (Å²) in [6.45, 7) is 8.58. The van der Waals surface area contributed by atoms with Gasteiger partial charge in [0.1, 0.15) is 6.10 Å². The zero-order valence-corrected chi connectivity index (χ0v) is 20.2. The zero-order chi connectivity index (χ0) is 23.9. The zero-order valence-electron chi connectivity index (χ0n) is 19.4. The lowest BCUT2D eigenvalue weighted by atomic mass is 9.90. The van der Waals surface area contributed by atoms with Crippen LogP contribution in [0.4, 0.5) is 0 Å². The Hall–Kier alpha value is -3.78. The average Bonchev–Trinajstić information content (AvgIpc) is 3.40. The van der Waals surface area contributed by atoms with Crippen LogP contribution in [0.1, 0.15) is 51.3 Å². The van der Waals surface area contributed by atoms with Gasteiger partial charge >= 0.3 is 0 Å². The van der Waals surface area contributed by atoms with E-state index in [0.717, 1.165) is 38.3 Å². The summed E-state index contributed by atoms with van der Waals surface area (Å²) in [6, 6.07) is 22.8. The molecule has 4 heteroatoms. The van der Waals surface area contributed by atoms with Crippen molar-refractivity contribution >= 4 is 23.5 Å². The van der Waals surface area contributed by atoms with E-state index in [1.165, 1.54) is 5.56 Å². The predicted molar refractivity (Wildman–Crippen MR) is 141 cm³/mol. The van der Waals surface area contributed by atoms with Crippen LogP contribution < -0.4 is 0 Å². The molecule has 0 bridgehead atoms. The normalized spacial score (nSPS) is 11.9. The second-order valence-corrected chi connectivity index (χ2v) is 8.93. The van der Waals surface area contributed by atoms with E-state index in [-0.39, 0.29) is 6.10 Å². The van der Waals surface area contributed by atoms with Gasteiger partial charge in [0, 0.05) is 11.8 Å². The van der Waals surface area contributed by atoms with E-state index in [0.29, 0.717) is 12.2 Å². The van der Waals surface area contributed by atoms with Crippen molar-refractivity contribution in [2.45, 2.75) is 26.6 Å². The summed E-state index contributed by atoms with van der Waals surface area (Å²) in [5, 5.41) is 9.87. The molecular formula is C30H26N2OS. The van der Waals surface area contributed by atoms with Crippen LogP contribution in [0.5, 0.6) is 0 Å². The minimum Gasteiger partial charge on any atom is -0.363 e. The summed E-state index contributed by atoms with van der Waals surface area (Å²) in [4.78, 5) is 5.30. The van der Waals surface area contributed by atoms with E-state index >= 15 is 0 Å². The number of nitrogens with zero attached hydrogens (tertiary/aromatic N) is 2. The summed E-state index contributed by atoms with van der Waals surface area (Å²) in [7, 11) is 0. The van der Waals surface area contributed by atoms with E-state index in [2.05, 4.69) is 67.0 Å². The molecule has 0 aliphatic carbocycles. The van der Waals surface area contributed by atoms with E-state index < -0.39 is 0 Å². The molecule has 0 saturated heterocycles. The predicted octanol–water partition coefficient (Wildman–Crippen LogP) is 7.97. The molecule has 0 aliphatic heterocycles. The highest BCUT2D eigenvalue weighted by molar-refractivity contribution is 7.09. The van der Waals surface area contributed by atoms with Gasteiger partial charge < -0.3 is 4.74 Å². The molecule has 1 atom stereocenters. The molecule has 0 saturated carbocycles. The minimum atomic E-state index is -0.286. The fraction of sp³-hybridized carbons (Fsp3) is 0.133. The summed E-state index contributed by atoms with van der Waals surface area (Å²) >= 11 is 1.57. The fourth-order valence-electron chi connectivity index (χ4n) is 3.98. The van der Waals surface area contributed by atoms with Crippen LogP contribution >= 0.6 is 11.3 Å². The van der Waals surface area contributed by atoms with Crippen LogP contribution in [0.3, 0.4) is 0 Å². The molecule has 0 aliphatic rings. The standard InChI is InChI=1S/C30H26N2OS/c1-4-7-23-8-6-9-27(26(23)5-2)28-16-24(14-15-25(28)17-31)30(29-18-32-20-34-29)33-19-22-12-10-21(3)11-13-22/h4-16,18,20,30H,2,19H2,1,3H3/b7-4-. The summed E-state index contributed by atoms with van der Waals surface area (Å²) in [5.41, 5.74) is 9.67. The molecular weight excluding hydrogens is 436 g/mol. The van der Waals surface area contributed by atoms with Crippen LogP contribution in [-0.4, -0.2) is 4.98 Å². The summed E-state index contributed by atoms with van der Waals surface area (Å²) in [5.74, 6) is 0. The van der Waals surface area contributed by atoms with Gasteiger partial charge in [-0.25, -0.2) is 0 Å². The van der Waals surface area contributed by atoms with E-state index in [9.17, 15) is 5.26 Å². The van der Waals surface area contributed by atoms with Crippen molar-refractivity contribution in [2.24, 2.45) is 0 Å². The molecule has 0 amide bonds. The highest BCUT2D eigenvalue weighted by Gasteiger charge is 2.20. The van der Waals surface area contributed by atoms with Crippen LogP contribution in [0.25, 0.3) is 23.3 Å². The molecule has 0 N–H and O–H groups in total. The van der Waals surface area contributed by atoms with Crippen molar-refractivity contribution in [3.8, 4) is 17.2 Å². The number of hydrogen-bond donors (Lipinski definition) is 0. The number of nitriles is 1. The van der Waals surface area contributed by atoms with Crippen molar-refractivity contribution in [1.82, 2.24) is 4.98 Å². The molecule has 1 unspecified atom stereocenters. The molecule has 1 heterocycles. The Bertz CT molecular complexity index is 1350. The van der Waals surface area contributed by atoms with Gasteiger partial charge in [-0.05, 0) is 53.8 Å². The maximum atomic E-state index is 9.87. The van der Waals surface area contributed by atoms with Gasteiger partial charge in [0.15, 0.2) is 0 Å². The third-order valence-electron chi connectivity index (χ3n) is 5.69. The largest absolute Gasteiger partial charge is 0.363 e. The molecule has 0 fully saturated rings. The monoisotopic (exact) mass is 462 g/mol. The van der Waals surface area contributed by atoms with E-state index in [4.69, 9.17) is 4.74 Å². The molecule has 4 rings (SSSR count). The Morgan fingerprint density at radius 2 is 1.94 bits per heavy atom. The number of aryl methyl sites for hydroxylation is 1. The topological polar surface area (TPSA) is 45.9 Å². The SMILES string of the molecule is C=Cc1c(/C=C\C)cccc1-c1cc(C(OCc2ccc(C)cc2)c2cncs2)ccc1C#N. The third-order valence-corrected chi connectivity index (χ3v) is 6.51. The van der Waals surface area contributed by atoms with Crippen molar-refractivity contribution in [3.63, 3.8) is 0 Å².